The Labute approximate surface area is 199 Å². The predicted molar refractivity (Wildman–Crippen MR) is 136 cm³/mol. The molecular weight excluding hydrogens is 422 g/mol. The molecule has 0 bridgehead atoms. The van der Waals surface area contributed by atoms with E-state index in [0.717, 1.165) is 22.4 Å². The number of hydrogen-bond donors (Lipinski definition) is 2. The highest BCUT2D eigenvalue weighted by Crippen LogP contribution is 2.25. The van der Waals surface area contributed by atoms with Gasteiger partial charge >= 0.3 is 0 Å². The largest absolute Gasteiger partial charge is 0.383 e. The zero-order valence-electron chi connectivity index (χ0n) is 18.7. The Bertz CT molecular complexity index is 1320. The highest BCUT2D eigenvalue weighted by Gasteiger charge is 2.20. The third-order valence-electron chi connectivity index (χ3n) is 6.01. The third-order valence-corrected chi connectivity index (χ3v) is 6.01. The van der Waals surface area contributed by atoms with Crippen molar-refractivity contribution in [2.75, 3.05) is 23.7 Å². The molecule has 0 saturated heterocycles. The lowest BCUT2D eigenvalue weighted by Crippen LogP contribution is -2.32. The Kier molecular flexibility index (Phi) is 6.08. The third kappa shape index (κ3) is 4.55. The molecule has 34 heavy (non-hydrogen) atoms. The van der Waals surface area contributed by atoms with Crippen molar-refractivity contribution in [2.24, 2.45) is 0 Å². The number of carbonyl (C=O) groups excluding carboxylic acids is 2. The molecule has 0 aliphatic carbocycles. The van der Waals surface area contributed by atoms with Crippen molar-refractivity contribution < 1.29 is 9.59 Å². The maximum Gasteiger partial charge on any atom is 0.256 e. The molecule has 0 spiro atoms. The van der Waals surface area contributed by atoms with Crippen LogP contribution in [-0.4, -0.2) is 29.8 Å². The predicted octanol–water partition coefficient (Wildman–Crippen LogP) is 5.67. The molecule has 5 heteroatoms. The maximum absolute atomic E-state index is 13.1. The van der Waals surface area contributed by atoms with Crippen molar-refractivity contribution in [3.63, 3.8) is 0 Å². The number of hydrogen-bond acceptors (Lipinski definition) is 3. The van der Waals surface area contributed by atoms with Crippen molar-refractivity contribution in [1.82, 2.24) is 4.90 Å². The summed E-state index contributed by atoms with van der Waals surface area (Å²) in [5.74, 6) is -0.209. The molecule has 4 aromatic carbocycles. The summed E-state index contributed by atoms with van der Waals surface area (Å²) in [5.41, 5.74) is 5.89. The Hall–Kier alpha value is -4.38. The van der Waals surface area contributed by atoms with Crippen LogP contribution >= 0.6 is 0 Å². The molecule has 0 atom stereocenters. The lowest BCUT2D eigenvalue weighted by molar-refractivity contribution is 0.0753. The Morgan fingerprint density at radius 3 is 2.29 bits per heavy atom. The second-order valence-corrected chi connectivity index (χ2v) is 8.25. The first-order valence-corrected chi connectivity index (χ1v) is 11.4. The van der Waals surface area contributed by atoms with Gasteiger partial charge in [0.25, 0.3) is 11.8 Å². The van der Waals surface area contributed by atoms with Crippen LogP contribution in [0.15, 0.2) is 103 Å². The quantitative estimate of drug-likeness (QED) is 0.424. The fourth-order valence-electron chi connectivity index (χ4n) is 4.24. The van der Waals surface area contributed by atoms with Crippen molar-refractivity contribution in [3.8, 4) is 11.1 Å². The van der Waals surface area contributed by atoms with Gasteiger partial charge in [0.2, 0.25) is 0 Å². The number of carbonyl (C=O) groups is 2. The van der Waals surface area contributed by atoms with Crippen molar-refractivity contribution >= 4 is 23.2 Å². The van der Waals surface area contributed by atoms with Gasteiger partial charge in [-0.25, -0.2) is 0 Å². The number of anilines is 2. The molecule has 0 fully saturated rings. The van der Waals surface area contributed by atoms with E-state index in [9.17, 15) is 9.59 Å². The molecule has 2 N–H and O–H groups in total. The average Bonchev–Trinajstić information content (AvgIpc) is 3.12. The normalized spacial score (nSPS) is 12.8. The smallest absolute Gasteiger partial charge is 0.256 e. The highest BCUT2D eigenvalue weighted by atomic mass is 16.2. The number of nitrogens with zero attached hydrogens (tertiary/aromatic N) is 1. The number of benzene rings is 4. The van der Waals surface area contributed by atoms with E-state index in [1.54, 1.807) is 24.3 Å². The molecule has 0 unspecified atom stereocenters. The van der Waals surface area contributed by atoms with Crippen LogP contribution in [0.2, 0.25) is 0 Å². The van der Waals surface area contributed by atoms with E-state index >= 15 is 0 Å². The van der Waals surface area contributed by atoms with Gasteiger partial charge in [-0.05, 0) is 53.1 Å². The van der Waals surface area contributed by atoms with Gasteiger partial charge in [-0.15, -0.1) is 0 Å². The van der Waals surface area contributed by atoms with E-state index in [1.165, 1.54) is 0 Å². The van der Waals surface area contributed by atoms with Crippen LogP contribution in [0.5, 0.6) is 0 Å². The molecule has 0 radical (unpaired) electrons. The number of nitrogens with one attached hydrogen (secondary N) is 2. The number of para-hydroxylation sites is 1. The molecule has 5 nitrogen and oxygen atoms in total. The number of rotatable bonds is 4. The van der Waals surface area contributed by atoms with Crippen LogP contribution in [0.1, 0.15) is 26.3 Å². The minimum atomic E-state index is -0.186. The zero-order valence-corrected chi connectivity index (χ0v) is 18.7. The van der Waals surface area contributed by atoms with Gasteiger partial charge in [0.05, 0.1) is 0 Å². The first kappa shape index (κ1) is 21.5. The second kappa shape index (κ2) is 9.63. The first-order chi connectivity index (χ1) is 16.7. The first-order valence-electron chi connectivity index (χ1n) is 11.4. The van der Waals surface area contributed by atoms with E-state index in [2.05, 4.69) is 10.6 Å². The summed E-state index contributed by atoms with van der Waals surface area (Å²) in [4.78, 5) is 28.0. The summed E-state index contributed by atoms with van der Waals surface area (Å²) in [6.45, 7) is 1.90. The van der Waals surface area contributed by atoms with Gasteiger partial charge in [0, 0.05) is 42.1 Å². The molecule has 5 rings (SSSR count). The Morgan fingerprint density at radius 1 is 0.765 bits per heavy atom. The molecule has 1 aliphatic heterocycles. The van der Waals surface area contributed by atoms with Crippen molar-refractivity contribution in [1.29, 1.82) is 0 Å². The summed E-state index contributed by atoms with van der Waals surface area (Å²) in [6, 6.07) is 32.6. The van der Waals surface area contributed by atoms with E-state index in [1.807, 2.05) is 83.8 Å². The standard InChI is InChI=1S/C29H25N3O2/c33-28(26-12-6-5-11-25(26)21-8-2-1-3-9-21)31-24-16-14-22(15-17-24)29(34)32-19-18-30-27-13-7-4-10-23(27)20-32/h1-17,30H,18-20H2,(H,31,33). The van der Waals surface area contributed by atoms with Crippen molar-refractivity contribution in [2.45, 2.75) is 6.54 Å². The van der Waals surface area contributed by atoms with Gasteiger partial charge < -0.3 is 15.5 Å². The summed E-state index contributed by atoms with van der Waals surface area (Å²) in [6.07, 6.45) is 0. The van der Waals surface area contributed by atoms with Crippen LogP contribution in [-0.2, 0) is 6.54 Å². The van der Waals surface area contributed by atoms with Gasteiger partial charge in [0.1, 0.15) is 0 Å². The van der Waals surface area contributed by atoms with Gasteiger partial charge in [0.15, 0.2) is 0 Å². The zero-order chi connectivity index (χ0) is 23.3. The van der Waals surface area contributed by atoms with Crippen LogP contribution < -0.4 is 10.6 Å². The average molecular weight is 448 g/mol. The summed E-state index contributed by atoms with van der Waals surface area (Å²) < 4.78 is 0. The minimum Gasteiger partial charge on any atom is -0.383 e. The molecule has 0 saturated carbocycles. The molecule has 1 aliphatic rings. The fraction of sp³-hybridized carbons (Fsp3) is 0.103. The highest BCUT2D eigenvalue weighted by molar-refractivity contribution is 6.09. The minimum absolute atomic E-state index is 0.0224. The van der Waals surface area contributed by atoms with Crippen LogP contribution in [0.25, 0.3) is 11.1 Å². The maximum atomic E-state index is 13.1. The molecule has 4 aromatic rings. The molecule has 0 aromatic heterocycles. The Morgan fingerprint density at radius 2 is 1.47 bits per heavy atom. The van der Waals surface area contributed by atoms with Crippen LogP contribution in [0.3, 0.4) is 0 Å². The number of amides is 2. The van der Waals surface area contributed by atoms with E-state index in [4.69, 9.17) is 0 Å². The lowest BCUT2D eigenvalue weighted by atomic mass is 9.99. The second-order valence-electron chi connectivity index (χ2n) is 8.25. The Balaban J connectivity index is 1.30. The topological polar surface area (TPSA) is 61.4 Å². The molecule has 2 amide bonds. The van der Waals surface area contributed by atoms with E-state index < -0.39 is 0 Å². The van der Waals surface area contributed by atoms with E-state index in [0.29, 0.717) is 36.4 Å². The van der Waals surface area contributed by atoms with Crippen LogP contribution in [0, 0.1) is 0 Å². The molecule has 1 heterocycles. The lowest BCUT2D eigenvalue weighted by Gasteiger charge is -2.20. The fourth-order valence-corrected chi connectivity index (χ4v) is 4.24. The van der Waals surface area contributed by atoms with E-state index in [-0.39, 0.29) is 11.8 Å². The summed E-state index contributed by atoms with van der Waals surface area (Å²) in [5, 5.41) is 6.35. The SMILES string of the molecule is O=C(Nc1ccc(C(=O)N2CCNc3ccccc3C2)cc1)c1ccccc1-c1ccccc1. The van der Waals surface area contributed by atoms with Gasteiger partial charge in [-0.2, -0.15) is 0 Å². The van der Waals surface area contributed by atoms with Gasteiger partial charge in [-0.1, -0.05) is 66.7 Å². The van der Waals surface area contributed by atoms with Crippen LogP contribution in [0.4, 0.5) is 11.4 Å². The van der Waals surface area contributed by atoms with Crippen molar-refractivity contribution in [3.05, 3.63) is 120 Å². The van der Waals surface area contributed by atoms with Gasteiger partial charge in [-0.3, -0.25) is 9.59 Å². The number of fused-ring (bicyclic) bond motifs is 1. The molecule has 168 valence electrons. The summed E-state index contributed by atoms with van der Waals surface area (Å²) >= 11 is 0. The summed E-state index contributed by atoms with van der Waals surface area (Å²) in [7, 11) is 0. The monoisotopic (exact) mass is 447 g/mol. The molecular formula is C29H25N3O2.